The molecule has 2 aromatic heterocycles. The van der Waals surface area contributed by atoms with Crippen molar-refractivity contribution in [3.63, 3.8) is 0 Å². The van der Waals surface area contributed by atoms with Crippen LogP contribution in [0.2, 0.25) is 10.0 Å². The lowest BCUT2D eigenvalue weighted by atomic mass is 10.1. The Labute approximate surface area is 194 Å². The van der Waals surface area contributed by atoms with E-state index in [0.717, 1.165) is 6.07 Å². The predicted octanol–water partition coefficient (Wildman–Crippen LogP) is 5.69. The number of hydrogen-bond donors (Lipinski definition) is 2. The molecule has 0 aliphatic heterocycles. The van der Waals surface area contributed by atoms with Crippen molar-refractivity contribution in [2.75, 3.05) is 12.4 Å². The zero-order valence-corrected chi connectivity index (χ0v) is 18.1. The lowest BCUT2D eigenvalue weighted by Gasteiger charge is -2.11. The number of carbonyl (C=O) groups excluding carboxylic acids is 1. The number of halogens is 5. The van der Waals surface area contributed by atoms with Gasteiger partial charge in [-0.25, -0.2) is 9.50 Å². The topological polar surface area (TPSA) is 88.8 Å². The zero-order chi connectivity index (χ0) is 23.9. The van der Waals surface area contributed by atoms with E-state index in [4.69, 9.17) is 27.9 Å². The van der Waals surface area contributed by atoms with E-state index in [-0.39, 0.29) is 27.8 Å². The molecular weight excluding hydrogens is 484 g/mol. The van der Waals surface area contributed by atoms with Crippen LogP contribution in [0.1, 0.15) is 16.2 Å². The number of fused-ring (bicyclic) bond motifs is 1. The molecule has 0 bridgehead atoms. The highest BCUT2D eigenvalue weighted by atomic mass is 35.5. The van der Waals surface area contributed by atoms with Gasteiger partial charge in [0.15, 0.2) is 17.0 Å². The molecule has 2 aromatic carbocycles. The van der Waals surface area contributed by atoms with Crippen LogP contribution in [0.25, 0.3) is 16.9 Å². The van der Waals surface area contributed by atoms with Gasteiger partial charge in [-0.3, -0.25) is 4.79 Å². The number of aromatic nitrogens is 3. The summed E-state index contributed by atoms with van der Waals surface area (Å²) in [4.78, 5) is 16.9. The van der Waals surface area contributed by atoms with E-state index in [1.54, 1.807) is 18.2 Å². The molecule has 0 aliphatic carbocycles. The number of benzene rings is 2. The fraction of sp³-hybridized carbons (Fsp3) is 0.0952. The molecule has 7 nitrogen and oxygen atoms in total. The maximum absolute atomic E-state index is 13.8. The highest BCUT2D eigenvalue weighted by Gasteiger charge is 2.36. The maximum atomic E-state index is 13.8. The molecule has 170 valence electrons. The highest BCUT2D eigenvalue weighted by molar-refractivity contribution is 6.37. The van der Waals surface area contributed by atoms with Gasteiger partial charge in [0.2, 0.25) is 0 Å². The molecule has 2 N–H and O–H groups in total. The van der Waals surface area contributed by atoms with Gasteiger partial charge in [0, 0.05) is 10.6 Å². The first-order valence-corrected chi connectivity index (χ1v) is 9.95. The smallest absolute Gasteiger partial charge is 0.433 e. The van der Waals surface area contributed by atoms with Crippen molar-refractivity contribution in [1.82, 2.24) is 14.6 Å². The van der Waals surface area contributed by atoms with Gasteiger partial charge in [-0.2, -0.15) is 18.3 Å². The average molecular weight is 497 g/mol. The third kappa shape index (κ3) is 4.39. The zero-order valence-electron chi connectivity index (χ0n) is 16.6. The summed E-state index contributed by atoms with van der Waals surface area (Å²) in [6.45, 7) is 0. The highest BCUT2D eigenvalue weighted by Crippen LogP contribution is 2.35. The van der Waals surface area contributed by atoms with Gasteiger partial charge in [0.05, 0.1) is 18.5 Å². The Morgan fingerprint density at radius 2 is 1.91 bits per heavy atom. The van der Waals surface area contributed by atoms with Crippen molar-refractivity contribution in [2.24, 2.45) is 0 Å². The van der Waals surface area contributed by atoms with Crippen molar-refractivity contribution in [3.8, 4) is 22.8 Å². The minimum Gasteiger partial charge on any atom is -0.506 e. The SMILES string of the molecule is COc1cccc(-c2cc(C(F)(F)F)n3nc(C(=O)Nc4cc(Cl)ccc4O)c(Cl)c3n2)c1. The van der Waals surface area contributed by atoms with E-state index < -0.39 is 28.5 Å². The third-order valence-electron chi connectivity index (χ3n) is 4.61. The summed E-state index contributed by atoms with van der Waals surface area (Å²) < 4.78 is 47.1. The molecule has 0 fully saturated rings. The molecule has 0 saturated heterocycles. The Kier molecular flexibility index (Phi) is 5.81. The van der Waals surface area contributed by atoms with Crippen molar-refractivity contribution in [1.29, 1.82) is 0 Å². The van der Waals surface area contributed by atoms with E-state index in [1.807, 2.05) is 0 Å². The van der Waals surface area contributed by atoms with Crippen LogP contribution in [-0.4, -0.2) is 32.7 Å². The van der Waals surface area contributed by atoms with Gasteiger partial charge in [-0.1, -0.05) is 35.3 Å². The van der Waals surface area contributed by atoms with Gasteiger partial charge in [-0.15, -0.1) is 0 Å². The normalized spacial score (nSPS) is 11.6. The molecule has 4 aromatic rings. The summed E-state index contributed by atoms with van der Waals surface area (Å²) in [5.74, 6) is -0.843. The average Bonchev–Trinajstić information content (AvgIpc) is 3.11. The first kappa shape index (κ1) is 22.7. The van der Waals surface area contributed by atoms with E-state index >= 15 is 0 Å². The monoisotopic (exact) mass is 496 g/mol. The molecule has 33 heavy (non-hydrogen) atoms. The number of alkyl halides is 3. The second-order valence-corrected chi connectivity index (χ2v) is 7.58. The molecule has 4 rings (SSSR count). The fourth-order valence-corrected chi connectivity index (χ4v) is 3.48. The van der Waals surface area contributed by atoms with Gasteiger partial charge in [0.1, 0.15) is 16.5 Å². The standard InChI is InChI=1S/C21H13Cl2F3N4O3/c1-33-12-4-2-3-10(7-12)13-9-16(21(24,25)26)30-19(27-13)17(23)18(29-30)20(32)28-14-8-11(22)5-6-15(14)31/h2-9,31H,1H3,(H,28,32). The number of rotatable bonds is 4. The Morgan fingerprint density at radius 3 is 2.61 bits per heavy atom. The van der Waals surface area contributed by atoms with E-state index in [2.05, 4.69) is 15.4 Å². The number of amides is 1. The number of nitrogens with one attached hydrogen (secondary N) is 1. The van der Waals surface area contributed by atoms with E-state index in [9.17, 15) is 23.1 Å². The minimum absolute atomic E-state index is 0.0463. The summed E-state index contributed by atoms with van der Waals surface area (Å²) in [6, 6.07) is 11.0. The van der Waals surface area contributed by atoms with Crippen LogP contribution in [0.4, 0.5) is 18.9 Å². The summed E-state index contributed by atoms with van der Waals surface area (Å²) >= 11 is 12.1. The van der Waals surface area contributed by atoms with Gasteiger partial charge in [0.25, 0.3) is 5.91 Å². The second-order valence-electron chi connectivity index (χ2n) is 6.77. The number of aromatic hydroxyl groups is 1. The number of methoxy groups -OCH3 is 1. The summed E-state index contributed by atoms with van der Waals surface area (Å²) in [6.07, 6.45) is -4.83. The number of ether oxygens (including phenoxy) is 1. The fourth-order valence-electron chi connectivity index (χ4n) is 3.06. The lowest BCUT2D eigenvalue weighted by molar-refractivity contribution is -0.142. The van der Waals surface area contributed by atoms with Crippen molar-refractivity contribution >= 4 is 40.4 Å². The van der Waals surface area contributed by atoms with Crippen LogP contribution in [0, 0.1) is 0 Å². The predicted molar refractivity (Wildman–Crippen MR) is 116 cm³/mol. The number of hydrogen-bond acceptors (Lipinski definition) is 5. The molecular formula is C21H13Cl2F3N4O3. The van der Waals surface area contributed by atoms with Crippen LogP contribution < -0.4 is 10.1 Å². The van der Waals surface area contributed by atoms with Crippen LogP contribution in [0.15, 0.2) is 48.5 Å². The lowest BCUT2D eigenvalue weighted by Crippen LogP contribution is -2.16. The molecule has 0 atom stereocenters. The van der Waals surface area contributed by atoms with Crippen LogP contribution in [0.3, 0.4) is 0 Å². The quantitative estimate of drug-likeness (QED) is 0.354. The van der Waals surface area contributed by atoms with Crippen LogP contribution >= 0.6 is 23.2 Å². The number of nitrogens with zero attached hydrogens (tertiary/aromatic N) is 3. The number of anilines is 1. The minimum atomic E-state index is -4.83. The largest absolute Gasteiger partial charge is 0.506 e. The summed E-state index contributed by atoms with van der Waals surface area (Å²) in [5, 5.41) is 15.8. The number of phenolic OH excluding ortho intramolecular Hbond substituents is 1. The van der Waals surface area contributed by atoms with Gasteiger partial charge < -0.3 is 15.2 Å². The van der Waals surface area contributed by atoms with Crippen molar-refractivity contribution in [2.45, 2.75) is 6.18 Å². The molecule has 0 aliphatic rings. The van der Waals surface area contributed by atoms with Crippen LogP contribution in [0.5, 0.6) is 11.5 Å². The molecule has 0 unspecified atom stereocenters. The second kappa shape index (κ2) is 8.45. The van der Waals surface area contributed by atoms with Gasteiger partial charge >= 0.3 is 6.18 Å². The Balaban J connectivity index is 1.86. The molecule has 0 saturated carbocycles. The Morgan fingerprint density at radius 1 is 1.15 bits per heavy atom. The van der Waals surface area contributed by atoms with E-state index in [1.165, 1.54) is 31.4 Å². The van der Waals surface area contributed by atoms with Crippen molar-refractivity contribution < 1.29 is 27.8 Å². The number of carbonyl (C=O) groups is 1. The molecule has 0 radical (unpaired) electrons. The van der Waals surface area contributed by atoms with Gasteiger partial charge in [-0.05, 0) is 36.4 Å². The van der Waals surface area contributed by atoms with E-state index in [0.29, 0.717) is 15.8 Å². The Bertz CT molecular complexity index is 1390. The molecule has 12 heteroatoms. The Hall–Kier alpha value is -3.50. The number of phenols is 1. The summed E-state index contributed by atoms with van der Waals surface area (Å²) in [7, 11) is 1.42. The molecule has 1 amide bonds. The molecule has 2 heterocycles. The maximum Gasteiger partial charge on any atom is 0.433 e. The first-order chi connectivity index (χ1) is 15.6. The van der Waals surface area contributed by atoms with Crippen LogP contribution in [-0.2, 0) is 6.18 Å². The first-order valence-electron chi connectivity index (χ1n) is 9.19. The molecule has 0 spiro atoms. The summed E-state index contributed by atoms with van der Waals surface area (Å²) in [5.41, 5.74) is -1.84. The van der Waals surface area contributed by atoms with Crippen molar-refractivity contribution in [3.05, 3.63) is 70.0 Å². The third-order valence-corrected chi connectivity index (χ3v) is 5.19.